The maximum Gasteiger partial charge on any atom is 0.277 e. The molecular weight excluding hydrogens is 438 g/mol. The molecule has 3 heterocycles. The van der Waals surface area contributed by atoms with E-state index in [0.29, 0.717) is 16.2 Å². The molecule has 130 valence electrons. The summed E-state index contributed by atoms with van der Waals surface area (Å²) in [4.78, 5) is 20.5. The van der Waals surface area contributed by atoms with Gasteiger partial charge in [0.05, 0.1) is 21.5 Å². The van der Waals surface area contributed by atoms with Gasteiger partial charge in [-0.1, -0.05) is 39.0 Å². The molecule has 26 heavy (non-hydrogen) atoms. The molecule has 0 spiro atoms. The van der Waals surface area contributed by atoms with Crippen LogP contribution < -0.4 is 5.32 Å². The Morgan fingerprint density at radius 1 is 1.31 bits per heavy atom. The van der Waals surface area contributed by atoms with E-state index in [4.69, 9.17) is 4.42 Å². The number of halogens is 1. The summed E-state index contributed by atoms with van der Waals surface area (Å²) in [6.45, 7) is 0. The third kappa shape index (κ3) is 3.92. The number of aromatic nitrogens is 4. The van der Waals surface area contributed by atoms with Gasteiger partial charge >= 0.3 is 0 Å². The number of nitrogens with zero attached hydrogens (tertiary/aromatic N) is 4. The van der Waals surface area contributed by atoms with E-state index in [9.17, 15) is 4.79 Å². The Bertz CT molecular complexity index is 1070. The molecule has 3 aromatic heterocycles. The molecule has 0 aliphatic rings. The van der Waals surface area contributed by atoms with Crippen LogP contribution in [-0.4, -0.2) is 31.8 Å². The summed E-state index contributed by atoms with van der Waals surface area (Å²) in [6.07, 6.45) is 3.31. The summed E-state index contributed by atoms with van der Waals surface area (Å²) >= 11 is 6.01. The van der Waals surface area contributed by atoms with Crippen LogP contribution >= 0.6 is 39.0 Å². The summed E-state index contributed by atoms with van der Waals surface area (Å²) < 4.78 is 7.51. The van der Waals surface area contributed by atoms with Crippen LogP contribution in [0, 0.1) is 0 Å². The maximum absolute atomic E-state index is 12.1. The lowest BCUT2D eigenvalue weighted by atomic mass is 10.3. The first-order valence-corrected chi connectivity index (χ1v) is 9.99. The van der Waals surface area contributed by atoms with Gasteiger partial charge < -0.3 is 9.73 Å². The van der Waals surface area contributed by atoms with Gasteiger partial charge in [-0.05, 0) is 30.3 Å². The summed E-state index contributed by atoms with van der Waals surface area (Å²) in [7, 11) is 0. The fourth-order valence-electron chi connectivity index (χ4n) is 2.11. The maximum atomic E-state index is 12.1. The van der Waals surface area contributed by atoms with Gasteiger partial charge in [0.25, 0.3) is 5.22 Å². The van der Waals surface area contributed by atoms with Crippen molar-refractivity contribution in [2.24, 2.45) is 0 Å². The summed E-state index contributed by atoms with van der Waals surface area (Å²) in [5.74, 6) is 0.334. The number of hydrogen-bond acceptors (Lipinski definition) is 8. The fourth-order valence-corrected chi connectivity index (χ4v) is 4.11. The molecular formula is C16H10BrN5O2S2. The number of thiazole rings is 1. The van der Waals surface area contributed by atoms with E-state index in [-0.39, 0.29) is 11.7 Å². The first-order valence-electron chi connectivity index (χ1n) is 7.40. The van der Waals surface area contributed by atoms with Crippen molar-refractivity contribution in [3.63, 3.8) is 0 Å². The van der Waals surface area contributed by atoms with Crippen LogP contribution in [0.25, 0.3) is 21.7 Å². The molecule has 1 N–H and O–H groups in total. The molecule has 0 fully saturated rings. The van der Waals surface area contributed by atoms with Crippen molar-refractivity contribution >= 4 is 60.3 Å². The predicted octanol–water partition coefficient (Wildman–Crippen LogP) is 4.23. The van der Waals surface area contributed by atoms with Crippen LogP contribution in [0.1, 0.15) is 0 Å². The number of thioether (sulfide) groups is 1. The molecule has 4 rings (SSSR count). The van der Waals surface area contributed by atoms with Crippen molar-refractivity contribution in [3.05, 3.63) is 47.2 Å². The summed E-state index contributed by atoms with van der Waals surface area (Å²) in [5, 5.41) is 11.6. The van der Waals surface area contributed by atoms with Crippen molar-refractivity contribution in [2.45, 2.75) is 5.22 Å². The largest absolute Gasteiger partial charge is 0.411 e. The topological polar surface area (TPSA) is 93.8 Å². The van der Waals surface area contributed by atoms with E-state index in [1.165, 1.54) is 23.1 Å². The zero-order chi connectivity index (χ0) is 17.9. The highest BCUT2D eigenvalue weighted by molar-refractivity contribution is 9.10. The van der Waals surface area contributed by atoms with Crippen LogP contribution in [0.15, 0.2) is 56.8 Å². The van der Waals surface area contributed by atoms with Gasteiger partial charge in [-0.3, -0.25) is 9.78 Å². The lowest BCUT2D eigenvalue weighted by Crippen LogP contribution is -2.13. The van der Waals surface area contributed by atoms with Crippen molar-refractivity contribution in [1.82, 2.24) is 20.2 Å². The standard InChI is InChI=1S/C16H10BrN5O2S2/c17-10-3-4-11-12(6-10)26-15(19-11)20-13(23)8-25-16-22-21-14(24-16)9-2-1-5-18-7-9/h1-7H,8H2,(H,19,20,23). The van der Waals surface area contributed by atoms with Crippen molar-refractivity contribution < 1.29 is 9.21 Å². The molecule has 0 atom stereocenters. The molecule has 4 aromatic rings. The third-order valence-electron chi connectivity index (χ3n) is 3.24. The second-order valence-electron chi connectivity index (χ2n) is 5.08. The van der Waals surface area contributed by atoms with E-state index in [0.717, 1.165) is 20.3 Å². The minimum absolute atomic E-state index is 0.147. The predicted molar refractivity (Wildman–Crippen MR) is 104 cm³/mol. The van der Waals surface area contributed by atoms with E-state index >= 15 is 0 Å². The Balaban J connectivity index is 1.37. The molecule has 0 unspecified atom stereocenters. The second-order valence-corrected chi connectivity index (χ2v) is 7.96. The summed E-state index contributed by atoms with van der Waals surface area (Å²) in [6, 6.07) is 9.40. The van der Waals surface area contributed by atoms with Gasteiger partial charge in [0, 0.05) is 16.9 Å². The van der Waals surface area contributed by atoms with Crippen LogP contribution in [0.2, 0.25) is 0 Å². The minimum Gasteiger partial charge on any atom is -0.411 e. The molecule has 0 saturated heterocycles. The number of nitrogens with one attached hydrogen (secondary N) is 1. The van der Waals surface area contributed by atoms with Gasteiger partial charge in [-0.15, -0.1) is 10.2 Å². The number of amides is 1. The number of pyridine rings is 1. The second kappa shape index (κ2) is 7.52. The Labute approximate surface area is 164 Å². The molecule has 10 heteroatoms. The van der Waals surface area contributed by atoms with Crippen LogP contribution in [0.4, 0.5) is 5.13 Å². The van der Waals surface area contributed by atoms with Crippen molar-refractivity contribution in [2.75, 3.05) is 11.1 Å². The van der Waals surface area contributed by atoms with E-state index < -0.39 is 0 Å². The van der Waals surface area contributed by atoms with Crippen LogP contribution in [-0.2, 0) is 4.79 Å². The van der Waals surface area contributed by atoms with E-state index in [2.05, 4.69) is 41.4 Å². The number of benzene rings is 1. The van der Waals surface area contributed by atoms with Gasteiger partial charge in [-0.25, -0.2) is 4.98 Å². The lowest BCUT2D eigenvalue weighted by Gasteiger charge is -1.98. The first kappa shape index (κ1) is 17.1. The highest BCUT2D eigenvalue weighted by Gasteiger charge is 2.13. The average Bonchev–Trinajstić information content (AvgIpc) is 3.27. The van der Waals surface area contributed by atoms with Crippen LogP contribution in [0.5, 0.6) is 0 Å². The third-order valence-corrected chi connectivity index (χ3v) is 5.48. The Kier molecular flexibility index (Phi) is 4.96. The molecule has 1 aromatic carbocycles. The number of rotatable bonds is 5. The SMILES string of the molecule is O=C(CSc1nnc(-c2cccnc2)o1)Nc1nc2ccc(Br)cc2s1. The monoisotopic (exact) mass is 447 g/mol. The highest BCUT2D eigenvalue weighted by atomic mass is 79.9. The van der Waals surface area contributed by atoms with Crippen molar-refractivity contribution in [3.8, 4) is 11.5 Å². The van der Waals surface area contributed by atoms with E-state index in [1.54, 1.807) is 18.5 Å². The molecule has 0 saturated carbocycles. The lowest BCUT2D eigenvalue weighted by molar-refractivity contribution is -0.113. The number of anilines is 1. The average molecular weight is 448 g/mol. The molecule has 7 nitrogen and oxygen atoms in total. The smallest absolute Gasteiger partial charge is 0.277 e. The van der Waals surface area contributed by atoms with Gasteiger partial charge in [0.1, 0.15) is 0 Å². The number of carbonyl (C=O) groups excluding carboxylic acids is 1. The number of carbonyl (C=O) groups is 1. The fraction of sp³-hybridized carbons (Fsp3) is 0.0625. The first-order chi connectivity index (χ1) is 12.7. The quantitative estimate of drug-likeness (QED) is 0.457. The number of hydrogen-bond donors (Lipinski definition) is 1. The van der Waals surface area contributed by atoms with Gasteiger partial charge in [0.15, 0.2) is 5.13 Å². The normalized spacial score (nSPS) is 11.0. The van der Waals surface area contributed by atoms with Crippen LogP contribution in [0.3, 0.4) is 0 Å². The summed E-state index contributed by atoms with van der Waals surface area (Å²) in [5.41, 5.74) is 1.58. The highest BCUT2D eigenvalue weighted by Crippen LogP contribution is 2.29. The zero-order valence-electron chi connectivity index (χ0n) is 13.0. The zero-order valence-corrected chi connectivity index (χ0v) is 16.3. The molecule has 0 aliphatic heterocycles. The molecule has 0 bridgehead atoms. The Morgan fingerprint density at radius 3 is 3.08 bits per heavy atom. The Morgan fingerprint density at radius 2 is 2.23 bits per heavy atom. The molecule has 0 aliphatic carbocycles. The molecule has 1 amide bonds. The Hall–Kier alpha value is -2.30. The van der Waals surface area contributed by atoms with Gasteiger partial charge in [0.2, 0.25) is 11.8 Å². The van der Waals surface area contributed by atoms with Crippen molar-refractivity contribution in [1.29, 1.82) is 0 Å². The van der Waals surface area contributed by atoms with Gasteiger partial charge in [-0.2, -0.15) is 0 Å². The minimum atomic E-state index is -0.186. The number of fused-ring (bicyclic) bond motifs is 1. The van der Waals surface area contributed by atoms with E-state index in [1.807, 2.05) is 24.3 Å². The molecule has 0 radical (unpaired) electrons.